The van der Waals surface area contributed by atoms with Gasteiger partial charge in [-0.3, -0.25) is 0 Å². The van der Waals surface area contributed by atoms with Crippen LogP contribution in [-0.4, -0.2) is 0 Å². The molecule has 0 aromatic heterocycles. The summed E-state index contributed by atoms with van der Waals surface area (Å²) in [4.78, 5) is 0. The summed E-state index contributed by atoms with van der Waals surface area (Å²) in [7, 11) is 0. The van der Waals surface area contributed by atoms with Crippen molar-refractivity contribution < 1.29 is 13.5 Å². The van der Waals surface area contributed by atoms with E-state index in [1.54, 1.807) is 18.2 Å². The molecule has 19 heavy (non-hydrogen) atoms. The van der Waals surface area contributed by atoms with Gasteiger partial charge in [-0.1, -0.05) is 33.6 Å². The van der Waals surface area contributed by atoms with Crippen LogP contribution in [0.1, 0.15) is 5.56 Å². The predicted molar refractivity (Wildman–Crippen MR) is 77.5 cm³/mol. The summed E-state index contributed by atoms with van der Waals surface area (Å²) in [5.74, 6) is -1.47. The van der Waals surface area contributed by atoms with Crippen molar-refractivity contribution in [2.45, 2.75) is 6.61 Å². The second-order valence-corrected chi connectivity index (χ2v) is 5.90. The molecule has 0 radical (unpaired) electrons. The zero-order valence-electron chi connectivity index (χ0n) is 9.39. The summed E-state index contributed by atoms with van der Waals surface area (Å²) in [6, 6.07) is 7.20. The predicted octanol–water partition coefficient (Wildman–Crippen LogP) is 5.72. The summed E-state index contributed by atoms with van der Waals surface area (Å²) in [5.41, 5.74) is 0.709. The van der Waals surface area contributed by atoms with Crippen LogP contribution in [0.5, 0.6) is 5.75 Å². The molecule has 1 nitrogen and oxygen atoms in total. The maximum absolute atomic E-state index is 13.5. The van der Waals surface area contributed by atoms with E-state index >= 15 is 0 Å². The van der Waals surface area contributed by atoms with E-state index in [0.29, 0.717) is 10.6 Å². The van der Waals surface area contributed by atoms with Gasteiger partial charge in [-0.2, -0.15) is 0 Å². The fourth-order valence-corrected chi connectivity index (χ4v) is 2.71. The molecule has 0 spiro atoms. The highest BCUT2D eigenvalue weighted by Gasteiger charge is 2.12. The van der Waals surface area contributed by atoms with Crippen molar-refractivity contribution in [3.63, 3.8) is 0 Å². The number of rotatable bonds is 3. The normalized spacial score (nSPS) is 10.6. The Balaban J connectivity index is 2.19. The molecule has 100 valence electrons. The molecule has 0 fully saturated rings. The highest BCUT2D eigenvalue weighted by Crippen LogP contribution is 2.31. The zero-order valence-corrected chi connectivity index (χ0v) is 13.3. The molecule has 0 heterocycles. The Morgan fingerprint density at radius 1 is 1.11 bits per heavy atom. The van der Waals surface area contributed by atoms with Crippen LogP contribution >= 0.6 is 43.5 Å². The molecule has 0 atom stereocenters. The lowest BCUT2D eigenvalue weighted by atomic mass is 10.2. The Morgan fingerprint density at radius 2 is 1.84 bits per heavy atom. The molecule has 0 aliphatic rings. The molecular weight excluding hydrogens is 405 g/mol. The van der Waals surface area contributed by atoms with Crippen LogP contribution in [0, 0.1) is 11.6 Å². The number of benzene rings is 2. The van der Waals surface area contributed by atoms with Crippen molar-refractivity contribution in [3.8, 4) is 5.75 Å². The van der Waals surface area contributed by atoms with Crippen molar-refractivity contribution in [2.75, 3.05) is 0 Å². The Bertz CT molecular complexity index is 597. The van der Waals surface area contributed by atoms with Crippen molar-refractivity contribution in [2.24, 2.45) is 0 Å². The standard InChI is InChI=1S/C13H7Br2ClF2O/c14-8-2-1-7(11(16)3-8)6-19-13-10(15)4-9(17)5-12(13)18/h1-5H,6H2. The largest absolute Gasteiger partial charge is 0.485 e. The van der Waals surface area contributed by atoms with Crippen LogP contribution in [0.15, 0.2) is 39.3 Å². The number of ether oxygens (including phenoxy) is 1. The highest BCUT2D eigenvalue weighted by molar-refractivity contribution is 9.10. The smallest absolute Gasteiger partial charge is 0.169 e. The topological polar surface area (TPSA) is 9.23 Å². The number of hydrogen-bond acceptors (Lipinski definition) is 1. The van der Waals surface area contributed by atoms with Gasteiger partial charge in [0.15, 0.2) is 11.6 Å². The molecule has 0 aliphatic carbocycles. The average Bonchev–Trinajstić information content (AvgIpc) is 2.30. The second kappa shape index (κ2) is 6.20. The van der Waals surface area contributed by atoms with Crippen LogP contribution in [0.4, 0.5) is 8.78 Å². The summed E-state index contributed by atoms with van der Waals surface area (Å²) < 4.78 is 32.9. The lowest BCUT2D eigenvalue weighted by Gasteiger charge is -2.10. The SMILES string of the molecule is Fc1cc(F)c(OCc2ccc(Br)cc2Cl)c(Br)c1. The van der Waals surface area contributed by atoms with Gasteiger partial charge in [0.1, 0.15) is 12.4 Å². The molecule has 0 saturated heterocycles. The maximum atomic E-state index is 13.5. The molecule has 0 N–H and O–H groups in total. The third kappa shape index (κ3) is 3.68. The van der Waals surface area contributed by atoms with Crippen LogP contribution < -0.4 is 4.74 Å². The molecule has 2 aromatic rings. The minimum atomic E-state index is -0.764. The number of halogens is 5. The third-order valence-electron chi connectivity index (χ3n) is 2.35. The minimum Gasteiger partial charge on any atom is -0.485 e. The van der Waals surface area contributed by atoms with Gasteiger partial charge in [0.05, 0.1) is 4.47 Å². The lowest BCUT2D eigenvalue weighted by Crippen LogP contribution is -1.99. The average molecular weight is 412 g/mol. The lowest BCUT2D eigenvalue weighted by molar-refractivity contribution is 0.287. The van der Waals surface area contributed by atoms with Crippen molar-refractivity contribution in [3.05, 3.63) is 61.5 Å². The molecule has 0 saturated carbocycles. The molecule has 2 aromatic carbocycles. The third-order valence-corrected chi connectivity index (χ3v) is 3.78. The van der Waals surface area contributed by atoms with Gasteiger partial charge >= 0.3 is 0 Å². The van der Waals surface area contributed by atoms with Gasteiger partial charge < -0.3 is 4.74 Å². The summed E-state index contributed by atoms with van der Waals surface area (Å²) in [5, 5.41) is 0.507. The quantitative estimate of drug-likeness (QED) is 0.626. The first-order chi connectivity index (χ1) is 8.97. The van der Waals surface area contributed by atoms with E-state index in [0.717, 1.165) is 16.6 Å². The fraction of sp³-hybridized carbons (Fsp3) is 0.0769. The Kier molecular flexibility index (Phi) is 4.81. The van der Waals surface area contributed by atoms with Crippen LogP contribution in [0.2, 0.25) is 5.02 Å². The molecule has 0 amide bonds. The van der Waals surface area contributed by atoms with Crippen LogP contribution in [0.25, 0.3) is 0 Å². The van der Waals surface area contributed by atoms with Crippen LogP contribution in [0.3, 0.4) is 0 Å². The minimum absolute atomic E-state index is 0.0413. The number of hydrogen-bond donors (Lipinski definition) is 0. The monoisotopic (exact) mass is 410 g/mol. The Labute approximate surface area is 130 Å². The van der Waals surface area contributed by atoms with Gasteiger partial charge in [-0.25, -0.2) is 8.78 Å². The first-order valence-electron chi connectivity index (χ1n) is 5.18. The van der Waals surface area contributed by atoms with E-state index in [2.05, 4.69) is 31.9 Å². The maximum Gasteiger partial charge on any atom is 0.169 e. The first-order valence-corrected chi connectivity index (χ1v) is 7.15. The van der Waals surface area contributed by atoms with Gasteiger partial charge in [0, 0.05) is 21.1 Å². The van der Waals surface area contributed by atoms with E-state index in [1.165, 1.54) is 0 Å². The molecule has 2 rings (SSSR count). The van der Waals surface area contributed by atoms with E-state index in [-0.39, 0.29) is 16.8 Å². The first kappa shape index (κ1) is 14.8. The van der Waals surface area contributed by atoms with Gasteiger partial charge in [0.25, 0.3) is 0 Å². The molecule has 0 bridgehead atoms. The second-order valence-electron chi connectivity index (χ2n) is 3.72. The molecule has 0 unspecified atom stereocenters. The fourth-order valence-electron chi connectivity index (χ4n) is 1.46. The Morgan fingerprint density at radius 3 is 2.47 bits per heavy atom. The van der Waals surface area contributed by atoms with Crippen molar-refractivity contribution in [1.82, 2.24) is 0 Å². The van der Waals surface area contributed by atoms with Crippen molar-refractivity contribution >= 4 is 43.5 Å². The molecule has 6 heteroatoms. The van der Waals surface area contributed by atoms with Crippen LogP contribution in [-0.2, 0) is 6.61 Å². The van der Waals surface area contributed by atoms with E-state index in [1.807, 2.05) is 0 Å². The zero-order chi connectivity index (χ0) is 14.0. The highest BCUT2D eigenvalue weighted by atomic mass is 79.9. The summed E-state index contributed by atoms with van der Waals surface area (Å²) >= 11 is 12.4. The van der Waals surface area contributed by atoms with E-state index < -0.39 is 11.6 Å². The molecule has 0 aliphatic heterocycles. The van der Waals surface area contributed by atoms with E-state index in [9.17, 15) is 8.78 Å². The molecular formula is C13H7Br2ClF2O. The summed E-state index contributed by atoms with van der Waals surface area (Å²) in [6.45, 7) is 0.0905. The van der Waals surface area contributed by atoms with Gasteiger partial charge in [-0.05, 0) is 34.1 Å². The Hall–Kier alpha value is -0.650. The van der Waals surface area contributed by atoms with Gasteiger partial charge in [0.2, 0.25) is 0 Å². The van der Waals surface area contributed by atoms with E-state index in [4.69, 9.17) is 16.3 Å². The van der Waals surface area contributed by atoms with Crippen molar-refractivity contribution in [1.29, 1.82) is 0 Å². The summed E-state index contributed by atoms with van der Waals surface area (Å²) in [6.07, 6.45) is 0. The van der Waals surface area contributed by atoms with Gasteiger partial charge in [-0.15, -0.1) is 0 Å².